The molecule has 0 radical (unpaired) electrons. The summed E-state index contributed by atoms with van der Waals surface area (Å²) in [5.74, 6) is 2.66. The minimum Gasteiger partial charge on any atom is -0.493 e. The zero-order valence-corrected chi connectivity index (χ0v) is 14.7. The van der Waals surface area contributed by atoms with Crippen LogP contribution in [-0.2, 0) is 11.3 Å². The highest BCUT2D eigenvalue weighted by Crippen LogP contribution is 2.40. The number of nitrogens with two attached hydrogens (primary N) is 1. The zero-order valence-electron chi connectivity index (χ0n) is 13.2. The number of amides is 1. The lowest BCUT2D eigenvalue weighted by Crippen LogP contribution is -2.15. The van der Waals surface area contributed by atoms with Gasteiger partial charge in [0.15, 0.2) is 5.16 Å². The summed E-state index contributed by atoms with van der Waals surface area (Å²) in [5.41, 5.74) is 5.27. The van der Waals surface area contributed by atoms with Gasteiger partial charge in [0.25, 0.3) is 0 Å². The van der Waals surface area contributed by atoms with Gasteiger partial charge in [0.2, 0.25) is 5.91 Å². The van der Waals surface area contributed by atoms with Crippen molar-refractivity contribution >= 4 is 29.3 Å². The first-order valence-corrected chi connectivity index (χ1v) is 9.22. The summed E-state index contributed by atoms with van der Waals surface area (Å²) in [6.45, 7) is 1.09. The van der Waals surface area contributed by atoms with Crippen LogP contribution in [0.3, 0.4) is 0 Å². The predicted octanol–water partition coefficient (Wildman–Crippen LogP) is 2.86. The molecule has 0 unspecified atom stereocenters. The molecule has 0 aliphatic heterocycles. The van der Waals surface area contributed by atoms with E-state index in [1.165, 1.54) is 0 Å². The Morgan fingerprint density at radius 1 is 1.33 bits per heavy atom. The van der Waals surface area contributed by atoms with Crippen molar-refractivity contribution in [3.63, 3.8) is 0 Å². The molecule has 2 aromatic rings. The molecular weight excluding hydrogens is 348 g/mol. The molecular formula is C16H19ClN4O2S. The molecule has 2 N–H and O–H groups in total. The Morgan fingerprint density at radius 2 is 2.08 bits per heavy atom. The first-order valence-electron chi connectivity index (χ1n) is 7.86. The number of halogens is 1. The molecule has 1 saturated carbocycles. The third kappa shape index (κ3) is 4.64. The number of nitrogens with zero attached hydrogens (tertiary/aromatic N) is 3. The smallest absolute Gasteiger partial charge is 0.219 e. The van der Waals surface area contributed by atoms with Crippen molar-refractivity contribution in [1.29, 1.82) is 0 Å². The maximum absolute atomic E-state index is 11.1. The fourth-order valence-corrected chi connectivity index (χ4v) is 3.22. The molecule has 1 aliphatic rings. The van der Waals surface area contributed by atoms with Crippen molar-refractivity contribution in [3.05, 3.63) is 35.1 Å². The summed E-state index contributed by atoms with van der Waals surface area (Å²) in [6.07, 6.45) is 2.57. The van der Waals surface area contributed by atoms with Crippen LogP contribution >= 0.6 is 23.4 Å². The molecule has 6 nitrogen and oxygen atoms in total. The van der Waals surface area contributed by atoms with E-state index in [0.29, 0.717) is 30.5 Å². The summed E-state index contributed by atoms with van der Waals surface area (Å²) in [6, 6.07) is 7.28. The van der Waals surface area contributed by atoms with Gasteiger partial charge in [0, 0.05) is 29.7 Å². The second-order valence-electron chi connectivity index (χ2n) is 5.63. The summed E-state index contributed by atoms with van der Waals surface area (Å²) in [5, 5.41) is 10.1. The highest BCUT2D eigenvalue weighted by molar-refractivity contribution is 7.99. The van der Waals surface area contributed by atoms with E-state index in [1.54, 1.807) is 23.9 Å². The average molecular weight is 367 g/mol. The summed E-state index contributed by atoms with van der Waals surface area (Å²) in [7, 11) is 0. The Bertz CT molecular complexity index is 701. The van der Waals surface area contributed by atoms with Crippen LogP contribution in [0.2, 0.25) is 5.02 Å². The minimum absolute atomic E-state index is 0.298. The van der Waals surface area contributed by atoms with Gasteiger partial charge in [-0.25, -0.2) is 0 Å². The summed E-state index contributed by atoms with van der Waals surface area (Å²) in [4.78, 5) is 11.1. The number of primary amides is 1. The molecule has 1 amide bonds. The van der Waals surface area contributed by atoms with Gasteiger partial charge < -0.3 is 15.0 Å². The number of thioether (sulfide) groups is 1. The van der Waals surface area contributed by atoms with Crippen molar-refractivity contribution in [2.75, 3.05) is 12.4 Å². The average Bonchev–Trinajstić information content (AvgIpc) is 3.32. The number of hydrogen-bond donors (Lipinski definition) is 1. The van der Waals surface area contributed by atoms with Crippen molar-refractivity contribution < 1.29 is 9.53 Å². The van der Waals surface area contributed by atoms with Gasteiger partial charge in [-0.05, 0) is 37.1 Å². The third-order valence-corrected chi connectivity index (χ3v) is 4.85. The normalized spacial score (nSPS) is 13.9. The topological polar surface area (TPSA) is 83.0 Å². The van der Waals surface area contributed by atoms with Crippen molar-refractivity contribution in [3.8, 4) is 5.75 Å². The Morgan fingerprint density at radius 3 is 2.75 bits per heavy atom. The number of carbonyl (C=O) groups excluding carboxylic acids is 1. The predicted molar refractivity (Wildman–Crippen MR) is 93.5 cm³/mol. The molecule has 0 bridgehead atoms. The zero-order chi connectivity index (χ0) is 16.9. The van der Waals surface area contributed by atoms with Gasteiger partial charge in [-0.1, -0.05) is 23.4 Å². The maximum atomic E-state index is 11.1. The monoisotopic (exact) mass is 366 g/mol. The van der Waals surface area contributed by atoms with Crippen LogP contribution < -0.4 is 10.5 Å². The van der Waals surface area contributed by atoms with Gasteiger partial charge in [-0.3, -0.25) is 4.79 Å². The Labute approximate surface area is 149 Å². The number of aromatic nitrogens is 3. The molecule has 3 rings (SSSR count). The second-order valence-corrected chi connectivity index (χ2v) is 7.13. The number of rotatable bonds is 9. The summed E-state index contributed by atoms with van der Waals surface area (Å²) < 4.78 is 7.70. The molecule has 1 aromatic carbocycles. The highest BCUT2D eigenvalue weighted by Gasteiger charge is 2.30. The first-order chi connectivity index (χ1) is 11.6. The van der Waals surface area contributed by atoms with Crippen LogP contribution in [0.1, 0.15) is 31.0 Å². The van der Waals surface area contributed by atoms with Crippen LogP contribution in [0.25, 0.3) is 0 Å². The molecule has 1 fully saturated rings. The molecule has 0 spiro atoms. The van der Waals surface area contributed by atoms with E-state index < -0.39 is 0 Å². The quantitative estimate of drug-likeness (QED) is 0.545. The molecule has 1 aliphatic carbocycles. The number of carbonyl (C=O) groups is 1. The van der Waals surface area contributed by atoms with Crippen molar-refractivity contribution in [2.45, 2.75) is 36.9 Å². The highest BCUT2D eigenvalue weighted by atomic mass is 35.5. The fourth-order valence-electron chi connectivity index (χ4n) is 2.31. The van der Waals surface area contributed by atoms with Crippen LogP contribution in [0, 0.1) is 0 Å². The minimum atomic E-state index is -0.313. The van der Waals surface area contributed by atoms with E-state index in [-0.39, 0.29) is 5.91 Å². The van der Waals surface area contributed by atoms with Gasteiger partial charge in [0.1, 0.15) is 11.6 Å². The van der Waals surface area contributed by atoms with E-state index in [1.807, 2.05) is 16.7 Å². The molecule has 24 heavy (non-hydrogen) atoms. The lowest BCUT2D eigenvalue weighted by molar-refractivity contribution is -0.118. The van der Waals surface area contributed by atoms with E-state index >= 15 is 0 Å². The van der Waals surface area contributed by atoms with E-state index in [2.05, 4.69) is 10.2 Å². The van der Waals surface area contributed by atoms with Crippen molar-refractivity contribution in [1.82, 2.24) is 14.8 Å². The van der Waals surface area contributed by atoms with Gasteiger partial charge in [-0.2, -0.15) is 0 Å². The third-order valence-electron chi connectivity index (χ3n) is 3.67. The SMILES string of the molecule is NC(=O)CCn1c(SCCOc2ccc(Cl)cc2)nnc1C1CC1. The molecule has 1 aromatic heterocycles. The number of benzene rings is 1. The van der Waals surface area contributed by atoms with Crippen molar-refractivity contribution in [2.24, 2.45) is 5.73 Å². The lowest BCUT2D eigenvalue weighted by Gasteiger charge is -2.09. The molecule has 0 saturated heterocycles. The molecule has 128 valence electrons. The largest absolute Gasteiger partial charge is 0.493 e. The maximum Gasteiger partial charge on any atom is 0.219 e. The lowest BCUT2D eigenvalue weighted by atomic mass is 10.3. The fraction of sp³-hybridized carbons (Fsp3) is 0.438. The molecule has 8 heteroatoms. The number of ether oxygens (including phenoxy) is 1. The van der Waals surface area contributed by atoms with Crippen LogP contribution in [0.15, 0.2) is 29.4 Å². The Kier molecular flexibility index (Phi) is 5.63. The van der Waals surface area contributed by atoms with E-state index in [0.717, 1.165) is 35.3 Å². The van der Waals surface area contributed by atoms with E-state index in [9.17, 15) is 4.79 Å². The Hall–Kier alpha value is -1.73. The summed E-state index contributed by atoms with van der Waals surface area (Å²) >= 11 is 7.42. The second kappa shape index (κ2) is 7.90. The number of hydrogen-bond acceptors (Lipinski definition) is 5. The van der Waals surface area contributed by atoms with Crippen LogP contribution in [0.4, 0.5) is 0 Å². The molecule has 0 atom stereocenters. The Balaban J connectivity index is 1.54. The van der Waals surface area contributed by atoms with E-state index in [4.69, 9.17) is 22.1 Å². The molecule has 1 heterocycles. The first kappa shape index (κ1) is 17.1. The van der Waals surface area contributed by atoms with Gasteiger partial charge in [0.05, 0.1) is 6.61 Å². The van der Waals surface area contributed by atoms with Crippen LogP contribution in [-0.4, -0.2) is 33.0 Å². The van der Waals surface area contributed by atoms with Gasteiger partial charge in [-0.15, -0.1) is 10.2 Å². The van der Waals surface area contributed by atoms with Crippen LogP contribution in [0.5, 0.6) is 5.75 Å². The standard InChI is InChI=1S/C16H19ClN4O2S/c17-12-3-5-13(6-4-12)23-9-10-24-16-20-19-15(11-1-2-11)21(16)8-7-14(18)22/h3-6,11H,1-2,7-10H2,(H2,18,22). The van der Waals surface area contributed by atoms with Gasteiger partial charge >= 0.3 is 0 Å².